The zero-order valence-corrected chi connectivity index (χ0v) is 17.7. The van der Waals surface area contributed by atoms with Crippen molar-refractivity contribution < 1.29 is 9.90 Å². The highest BCUT2D eigenvalue weighted by Crippen LogP contribution is 2.17. The van der Waals surface area contributed by atoms with Gasteiger partial charge < -0.3 is 20.6 Å². The van der Waals surface area contributed by atoms with Crippen molar-refractivity contribution in [3.63, 3.8) is 0 Å². The second-order valence-corrected chi connectivity index (χ2v) is 7.65. The van der Waals surface area contributed by atoms with Crippen LogP contribution in [0, 0.1) is 5.92 Å². The molecule has 30 heavy (non-hydrogen) atoms. The molecular formula is C24H32N4O2. The summed E-state index contributed by atoms with van der Waals surface area (Å²) in [6, 6.07) is 18.1. The lowest BCUT2D eigenvalue weighted by molar-refractivity contribution is -0.127. The molecule has 3 N–H and O–H groups in total. The van der Waals surface area contributed by atoms with Crippen molar-refractivity contribution in [2.75, 3.05) is 26.2 Å². The first-order valence-corrected chi connectivity index (χ1v) is 10.7. The molecule has 2 aromatic carbocycles. The second-order valence-electron chi connectivity index (χ2n) is 7.65. The molecule has 0 radical (unpaired) electrons. The quantitative estimate of drug-likeness (QED) is 0.440. The number of amides is 1. The average molecular weight is 409 g/mol. The van der Waals surface area contributed by atoms with Crippen molar-refractivity contribution in [1.29, 1.82) is 0 Å². The Morgan fingerprint density at radius 2 is 1.83 bits per heavy atom. The number of hydrogen-bond acceptors (Lipinski definition) is 3. The molecule has 160 valence electrons. The number of aliphatic hydroxyl groups is 1. The molecule has 1 atom stereocenters. The molecule has 6 heteroatoms. The number of carbonyl (C=O) groups is 1. The summed E-state index contributed by atoms with van der Waals surface area (Å²) in [5.74, 6) is 1.25. The number of guanidine groups is 1. The van der Waals surface area contributed by atoms with Crippen LogP contribution >= 0.6 is 0 Å². The standard InChI is InChI=1S/C24H32N4O2/c1-2-25-24(27-16-21-10-6-7-11-22(21)18-29)26-15-20-14-23(30)28(17-20)13-12-19-8-4-3-5-9-19/h3-11,20,29H,2,12-18H2,1H3,(H2,25,26,27). The zero-order chi connectivity index (χ0) is 21.2. The van der Waals surface area contributed by atoms with Crippen molar-refractivity contribution >= 4 is 11.9 Å². The van der Waals surface area contributed by atoms with Gasteiger partial charge in [0.1, 0.15) is 0 Å². The number of likely N-dealkylation sites (tertiary alicyclic amines) is 1. The van der Waals surface area contributed by atoms with Crippen molar-refractivity contribution in [3.8, 4) is 0 Å². The summed E-state index contributed by atoms with van der Waals surface area (Å²) in [7, 11) is 0. The Balaban J connectivity index is 1.50. The van der Waals surface area contributed by atoms with E-state index < -0.39 is 0 Å². The Bertz CT molecular complexity index is 838. The molecule has 0 aromatic heterocycles. The highest BCUT2D eigenvalue weighted by molar-refractivity contribution is 5.81. The summed E-state index contributed by atoms with van der Waals surface area (Å²) in [6.07, 6.45) is 1.47. The van der Waals surface area contributed by atoms with Gasteiger partial charge in [-0.3, -0.25) is 4.79 Å². The van der Waals surface area contributed by atoms with Crippen molar-refractivity contribution in [2.45, 2.75) is 32.9 Å². The van der Waals surface area contributed by atoms with Gasteiger partial charge in [0.2, 0.25) is 5.91 Å². The lowest BCUT2D eigenvalue weighted by Gasteiger charge is -2.18. The highest BCUT2D eigenvalue weighted by atomic mass is 16.3. The van der Waals surface area contributed by atoms with E-state index in [1.54, 1.807) is 0 Å². The van der Waals surface area contributed by atoms with Crippen LogP contribution in [0.5, 0.6) is 0 Å². The van der Waals surface area contributed by atoms with Gasteiger partial charge in [-0.2, -0.15) is 0 Å². The van der Waals surface area contributed by atoms with Crippen LogP contribution in [0.2, 0.25) is 0 Å². The van der Waals surface area contributed by atoms with Gasteiger partial charge in [-0.25, -0.2) is 4.99 Å². The molecule has 1 heterocycles. The van der Waals surface area contributed by atoms with Crippen molar-refractivity contribution in [2.24, 2.45) is 10.9 Å². The van der Waals surface area contributed by atoms with Crippen LogP contribution in [-0.4, -0.2) is 48.1 Å². The molecule has 1 fully saturated rings. The van der Waals surface area contributed by atoms with Gasteiger partial charge in [0.15, 0.2) is 5.96 Å². The third-order valence-electron chi connectivity index (χ3n) is 5.41. The number of nitrogens with zero attached hydrogens (tertiary/aromatic N) is 2. The van der Waals surface area contributed by atoms with Gasteiger partial charge >= 0.3 is 0 Å². The first-order chi connectivity index (χ1) is 14.7. The maximum Gasteiger partial charge on any atom is 0.223 e. The lowest BCUT2D eigenvalue weighted by atomic mass is 10.1. The Morgan fingerprint density at radius 3 is 2.57 bits per heavy atom. The van der Waals surface area contributed by atoms with Gasteiger partial charge in [0, 0.05) is 38.5 Å². The molecule has 1 unspecified atom stereocenters. The summed E-state index contributed by atoms with van der Waals surface area (Å²) in [5.41, 5.74) is 3.17. The topological polar surface area (TPSA) is 77.0 Å². The monoisotopic (exact) mass is 408 g/mol. The number of nitrogens with one attached hydrogen (secondary N) is 2. The predicted octanol–water partition coefficient (Wildman–Crippen LogP) is 2.33. The average Bonchev–Trinajstić information content (AvgIpc) is 3.14. The molecule has 2 aromatic rings. The summed E-state index contributed by atoms with van der Waals surface area (Å²) < 4.78 is 0. The third-order valence-corrected chi connectivity index (χ3v) is 5.41. The molecule has 1 amide bonds. The van der Waals surface area contributed by atoms with Crippen LogP contribution in [0.15, 0.2) is 59.6 Å². The van der Waals surface area contributed by atoms with Crippen LogP contribution in [-0.2, 0) is 24.4 Å². The minimum atomic E-state index is 0.0126. The SMILES string of the molecule is CCNC(=NCc1ccccc1CO)NCC1CC(=O)N(CCc2ccccc2)C1. The molecule has 3 rings (SSSR count). The molecule has 0 spiro atoms. The van der Waals surface area contributed by atoms with Gasteiger partial charge in [0.25, 0.3) is 0 Å². The van der Waals surface area contributed by atoms with Crippen LogP contribution in [0.25, 0.3) is 0 Å². The van der Waals surface area contributed by atoms with Crippen LogP contribution in [0.4, 0.5) is 0 Å². The summed E-state index contributed by atoms with van der Waals surface area (Å²) in [4.78, 5) is 19.0. The van der Waals surface area contributed by atoms with E-state index in [2.05, 4.69) is 27.8 Å². The van der Waals surface area contributed by atoms with E-state index in [0.717, 1.165) is 43.1 Å². The Morgan fingerprint density at radius 1 is 1.10 bits per heavy atom. The molecule has 6 nitrogen and oxygen atoms in total. The van der Waals surface area contributed by atoms with E-state index in [-0.39, 0.29) is 18.4 Å². The molecule has 1 aliphatic rings. The summed E-state index contributed by atoms with van der Waals surface area (Å²) in [5, 5.41) is 16.1. The predicted molar refractivity (Wildman–Crippen MR) is 120 cm³/mol. The smallest absolute Gasteiger partial charge is 0.223 e. The van der Waals surface area contributed by atoms with Crippen LogP contribution < -0.4 is 10.6 Å². The summed E-state index contributed by atoms with van der Waals surface area (Å²) in [6.45, 7) is 5.57. The molecule has 0 bridgehead atoms. The Labute approximate surface area is 179 Å². The molecule has 1 aliphatic heterocycles. The molecular weight excluding hydrogens is 376 g/mol. The van der Waals surface area contributed by atoms with E-state index in [1.165, 1.54) is 5.56 Å². The van der Waals surface area contributed by atoms with E-state index in [1.807, 2.05) is 54.3 Å². The number of hydrogen-bond donors (Lipinski definition) is 3. The number of carbonyl (C=O) groups excluding carboxylic acids is 1. The highest BCUT2D eigenvalue weighted by Gasteiger charge is 2.29. The van der Waals surface area contributed by atoms with Gasteiger partial charge in [-0.05, 0) is 30.0 Å². The number of aliphatic hydroxyl groups excluding tert-OH is 1. The summed E-state index contributed by atoms with van der Waals surface area (Å²) >= 11 is 0. The minimum absolute atomic E-state index is 0.0126. The maximum absolute atomic E-state index is 12.4. The van der Waals surface area contributed by atoms with Crippen molar-refractivity contribution in [3.05, 3.63) is 71.3 Å². The second kappa shape index (κ2) is 11.4. The third kappa shape index (κ3) is 6.32. The molecule has 0 aliphatic carbocycles. The van der Waals surface area contributed by atoms with Crippen LogP contribution in [0.1, 0.15) is 30.0 Å². The fraction of sp³-hybridized carbons (Fsp3) is 0.417. The minimum Gasteiger partial charge on any atom is -0.392 e. The van der Waals surface area contributed by atoms with E-state index in [0.29, 0.717) is 19.5 Å². The van der Waals surface area contributed by atoms with Gasteiger partial charge in [-0.15, -0.1) is 0 Å². The Kier molecular flexibility index (Phi) is 8.27. The van der Waals surface area contributed by atoms with Crippen LogP contribution in [0.3, 0.4) is 0 Å². The fourth-order valence-corrected chi connectivity index (χ4v) is 3.73. The van der Waals surface area contributed by atoms with E-state index >= 15 is 0 Å². The largest absolute Gasteiger partial charge is 0.392 e. The number of rotatable bonds is 9. The number of benzene rings is 2. The first kappa shape index (κ1) is 21.8. The fourth-order valence-electron chi connectivity index (χ4n) is 3.73. The first-order valence-electron chi connectivity index (χ1n) is 10.7. The zero-order valence-electron chi connectivity index (χ0n) is 17.7. The lowest BCUT2D eigenvalue weighted by Crippen LogP contribution is -2.40. The van der Waals surface area contributed by atoms with Crippen molar-refractivity contribution in [1.82, 2.24) is 15.5 Å². The number of aliphatic imine (C=N–C) groups is 1. The van der Waals surface area contributed by atoms with Gasteiger partial charge in [0.05, 0.1) is 13.2 Å². The molecule has 1 saturated heterocycles. The molecule has 0 saturated carbocycles. The van der Waals surface area contributed by atoms with Gasteiger partial charge in [-0.1, -0.05) is 54.6 Å². The Hall–Kier alpha value is -2.86. The van der Waals surface area contributed by atoms with E-state index in [9.17, 15) is 9.90 Å². The van der Waals surface area contributed by atoms with E-state index in [4.69, 9.17) is 0 Å². The maximum atomic E-state index is 12.4. The normalized spacial score (nSPS) is 16.7.